The number of fused-ring (bicyclic) bond motifs is 1. The van der Waals surface area contributed by atoms with Crippen LogP contribution in [0.2, 0.25) is 0 Å². The highest BCUT2D eigenvalue weighted by Gasteiger charge is 2.38. The number of amides is 3. The summed E-state index contributed by atoms with van der Waals surface area (Å²) in [6, 6.07) is 17.1. The van der Waals surface area contributed by atoms with Gasteiger partial charge in [-0.2, -0.15) is 0 Å². The molecule has 0 aromatic heterocycles. The Labute approximate surface area is 197 Å². The van der Waals surface area contributed by atoms with Crippen LogP contribution in [0.5, 0.6) is 0 Å². The van der Waals surface area contributed by atoms with Crippen molar-refractivity contribution in [3.63, 3.8) is 0 Å². The van der Waals surface area contributed by atoms with Crippen LogP contribution in [-0.2, 0) is 16.0 Å². The number of aryl methyl sites for hydroxylation is 3. The van der Waals surface area contributed by atoms with Gasteiger partial charge >= 0.3 is 5.97 Å². The quantitative estimate of drug-likeness (QED) is 0.437. The fraction of sp³-hybridized carbons (Fsp3) is 0.185. The second-order valence-corrected chi connectivity index (χ2v) is 8.13. The lowest BCUT2D eigenvalue weighted by molar-refractivity contribution is -0.119. The van der Waals surface area contributed by atoms with Gasteiger partial charge in [0.25, 0.3) is 17.7 Å². The Hall–Kier alpha value is -4.26. The molecular weight excluding hydrogens is 432 g/mol. The average Bonchev–Trinajstić information content (AvgIpc) is 3.08. The molecule has 1 aliphatic heterocycles. The maximum atomic E-state index is 13.1. The van der Waals surface area contributed by atoms with Crippen molar-refractivity contribution >= 4 is 35.1 Å². The van der Waals surface area contributed by atoms with E-state index in [1.165, 1.54) is 18.2 Å². The van der Waals surface area contributed by atoms with E-state index in [2.05, 4.69) is 5.32 Å². The van der Waals surface area contributed by atoms with Crippen molar-refractivity contribution in [1.82, 2.24) is 0 Å². The third-order valence-electron chi connectivity index (χ3n) is 5.73. The Morgan fingerprint density at radius 3 is 2.41 bits per heavy atom. The number of benzene rings is 3. The molecule has 1 N–H and O–H groups in total. The Morgan fingerprint density at radius 2 is 1.65 bits per heavy atom. The summed E-state index contributed by atoms with van der Waals surface area (Å²) in [5.41, 5.74) is 4.29. The molecule has 0 spiro atoms. The summed E-state index contributed by atoms with van der Waals surface area (Å²) in [6.45, 7) is 5.21. The zero-order chi connectivity index (χ0) is 24.4. The Balaban J connectivity index is 1.47. The van der Waals surface area contributed by atoms with Crippen molar-refractivity contribution in [3.8, 4) is 0 Å². The van der Waals surface area contributed by atoms with E-state index < -0.39 is 30.3 Å². The van der Waals surface area contributed by atoms with Crippen molar-refractivity contribution in [3.05, 3.63) is 94.0 Å². The van der Waals surface area contributed by atoms with E-state index in [0.717, 1.165) is 28.0 Å². The van der Waals surface area contributed by atoms with Crippen molar-refractivity contribution in [2.75, 3.05) is 16.8 Å². The van der Waals surface area contributed by atoms with Gasteiger partial charge in [0.05, 0.1) is 22.4 Å². The van der Waals surface area contributed by atoms with Gasteiger partial charge in [-0.25, -0.2) is 9.69 Å². The van der Waals surface area contributed by atoms with Crippen molar-refractivity contribution in [1.29, 1.82) is 0 Å². The maximum absolute atomic E-state index is 13.1. The smallest absolute Gasteiger partial charge is 0.338 e. The lowest BCUT2D eigenvalue weighted by Crippen LogP contribution is -2.30. The maximum Gasteiger partial charge on any atom is 0.338 e. The van der Waals surface area contributed by atoms with Crippen LogP contribution in [0.15, 0.2) is 60.7 Å². The molecule has 0 radical (unpaired) electrons. The molecule has 3 aromatic carbocycles. The van der Waals surface area contributed by atoms with E-state index in [-0.39, 0.29) is 16.7 Å². The van der Waals surface area contributed by atoms with Crippen LogP contribution in [0.4, 0.5) is 11.4 Å². The Morgan fingerprint density at radius 1 is 0.912 bits per heavy atom. The van der Waals surface area contributed by atoms with Gasteiger partial charge in [-0.15, -0.1) is 0 Å². The number of ether oxygens (including phenoxy) is 1. The van der Waals surface area contributed by atoms with Crippen LogP contribution in [0.1, 0.15) is 54.7 Å². The molecule has 7 nitrogen and oxygen atoms in total. The lowest BCUT2D eigenvalue weighted by Gasteiger charge is -2.17. The van der Waals surface area contributed by atoms with Crippen LogP contribution >= 0.6 is 0 Å². The molecule has 0 bridgehead atoms. The van der Waals surface area contributed by atoms with E-state index in [9.17, 15) is 19.2 Å². The van der Waals surface area contributed by atoms with Crippen LogP contribution in [0.25, 0.3) is 0 Å². The highest BCUT2D eigenvalue weighted by atomic mass is 16.5. The predicted molar refractivity (Wildman–Crippen MR) is 128 cm³/mol. The summed E-state index contributed by atoms with van der Waals surface area (Å²) in [7, 11) is 0. The third kappa shape index (κ3) is 4.32. The topological polar surface area (TPSA) is 92.8 Å². The van der Waals surface area contributed by atoms with Gasteiger partial charge in [0, 0.05) is 5.69 Å². The van der Waals surface area contributed by atoms with Crippen LogP contribution in [-0.4, -0.2) is 30.3 Å². The number of rotatable bonds is 6. The normalized spacial score (nSPS) is 12.5. The molecule has 0 unspecified atom stereocenters. The van der Waals surface area contributed by atoms with Crippen molar-refractivity contribution in [2.45, 2.75) is 27.2 Å². The number of nitrogens with one attached hydrogen (secondary N) is 1. The molecule has 7 heteroatoms. The molecule has 172 valence electrons. The number of nitrogens with zero attached hydrogens (tertiary/aromatic N) is 1. The first kappa shape index (κ1) is 22.9. The van der Waals surface area contributed by atoms with Gasteiger partial charge in [0.15, 0.2) is 6.61 Å². The van der Waals surface area contributed by atoms with Gasteiger partial charge in [0.2, 0.25) is 0 Å². The van der Waals surface area contributed by atoms with E-state index in [4.69, 9.17) is 4.74 Å². The summed E-state index contributed by atoms with van der Waals surface area (Å²) < 4.78 is 5.14. The van der Waals surface area contributed by atoms with E-state index in [1.807, 2.05) is 51.1 Å². The lowest BCUT2D eigenvalue weighted by atomic mass is 10.1. The van der Waals surface area contributed by atoms with E-state index >= 15 is 0 Å². The summed E-state index contributed by atoms with van der Waals surface area (Å²) in [4.78, 5) is 51.9. The summed E-state index contributed by atoms with van der Waals surface area (Å²) in [5.74, 6) is -2.17. The number of carbonyl (C=O) groups excluding carboxylic acids is 4. The van der Waals surface area contributed by atoms with Crippen LogP contribution < -0.4 is 10.2 Å². The first-order valence-corrected chi connectivity index (χ1v) is 10.9. The minimum atomic E-state index is -0.757. The molecular formula is C27H24N2O5. The molecule has 1 aliphatic rings. The molecule has 0 aliphatic carbocycles. The van der Waals surface area contributed by atoms with Gasteiger partial charge in [-0.05, 0) is 67.3 Å². The summed E-state index contributed by atoms with van der Waals surface area (Å²) in [6.07, 6.45) is 0.747. The average molecular weight is 456 g/mol. The SMILES string of the molecule is CCc1ccccc1NC(=O)COC(=O)c1ccc2c(c1)C(=O)N(c1cc(C)ccc1C)C2=O. The number of hydrogen-bond acceptors (Lipinski definition) is 5. The molecule has 0 fully saturated rings. The summed E-state index contributed by atoms with van der Waals surface area (Å²) in [5, 5.41) is 2.73. The first-order valence-electron chi connectivity index (χ1n) is 10.9. The minimum Gasteiger partial charge on any atom is -0.452 e. The highest BCUT2D eigenvalue weighted by Crippen LogP contribution is 2.32. The van der Waals surface area contributed by atoms with Gasteiger partial charge < -0.3 is 10.1 Å². The Kier molecular flexibility index (Phi) is 6.27. The number of para-hydroxylation sites is 1. The van der Waals surface area contributed by atoms with Crippen LogP contribution in [0, 0.1) is 13.8 Å². The largest absolute Gasteiger partial charge is 0.452 e. The number of carbonyl (C=O) groups is 4. The molecule has 0 atom stereocenters. The van der Waals surface area contributed by atoms with Gasteiger partial charge in [-0.3, -0.25) is 14.4 Å². The highest BCUT2D eigenvalue weighted by molar-refractivity contribution is 6.35. The fourth-order valence-electron chi connectivity index (χ4n) is 3.90. The molecule has 4 rings (SSSR count). The van der Waals surface area contributed by atoms with E-state index in [0.29, 0.717) is 11.4 Å². The van der Waals surface area contributed by atoms with Crippen molar-refractivity contribution < 1.29 is 23.9 Å². The van der Waals surface area contributed by atoms with E-state index in [1.54, 1.807) is 12.1 Å². The number of imide groups is 1. The number of anilines is 2. The second-order valence-electron chi connectivity index (χ2n) is 8.13. The zero-order valence-electron chi connectivity index (χ0n) is 19.2. The minimum absolute atomic E-state index is 0.0875. The van der Waals surface area contributed by atoms with Crippen molar-refractivity contribution in [2.24, 2.45) is 0 Å². The monoisotopic (exact) mass is 456 g/mol. The summed E-state index contributed by atoms with van der Waals surface area (Å²) >= 11 is 0. The molecule has 3 aromatic rings. The first-order chi connectivity index (χ1) is 16.3. The van der Waals surface area contributed by atoms with Gasteiger partial charge in [-0.1, -0.05) is 37.3 Å². The third-order valence-corrected chi connectivity index (χ3v) is 5.73. The molecule has 0 saturated heterocycles. The fourth-order valence-corrected chi connectivity index (χ4v) is 3.90. The molecule has 3 amide bonds. The second kappa shape index (κ2) is 9.31. The van der Waals surface area contributed by atoms with Crippen LogP contribution in [0.3, 0.4) is 0 Å². The Bertz CT molecular complexity index is 1330. The van der Waals surface area contributed by atoms with Gasteiger partial charge in [0.1, 0.15) is 0 Å². The molecule has 0 saturated carbocycles. The molecule has 1 heterocycles. The molecule has 34 heavy (non-hydrogen) atoms. The standard InChI is InChI=1S/C27H24N2O5/c1-4-18-7-5-6-8-22(18)28-24(30)15-34-27(33)19-11-12-20-21(14-19)26(32)29(25(20)31)23-13-16(2)9-10-17(23)3/h5-14H,4,15H2,1-3H3,(H,28,30). The predicted octanol–water partition coefficient (Wildman–Crippen LogP) is 4.46. The number of esters is 1. The number of hydrogen-bond donors (Lipinski definition) is 1. The zero-order valence-corrected chi connectivity index (χ0v) is 19.2.